The van der Waals surface area contributed by atoms with Crippen LogP contribution in [0.5, 0.6) is 0 Å². The van der Waals surface area contributed by atoms with Crippen molar-refractivity contribution in [1.29, 1.82) is 0 Å². The predicted molar refractivity (Wildman–Crippen MR) is 89.3 cm³/mol. The van der Waals surface area contributed by atoms with Gasteiger partial charge in [0, 0.05) is 12.6 Å². The number of aliphatic carboxylic acids is 1. The molecular weight excluding hydrogens is 344 g/mol. The Morgan fingerprint density at radius 2 is 2.08 bits per heavy atom. The van der Waals surface area contributed by atoms with E-state index in [1.165, 1.54) is 17.0 Å². The number of piperidine rings is 1. The molecule has 0 amide bonds. The first-order valence-corrected chi connectivity index (χ1v) is 9.48. The summed E-state index contributed by atoms with van der Waals surface area (Å²) in [7, 11) is -3.80. The highest BCUT2D eigenvalue weighted by atomic mass is 32.2. The molecule has 1 saturated heterocycles. The van der Waals surface area contributed by atoms with Crippen molar-refractivity contribution in [3.8, 4) is 0 Å². The Kier molecular flexibility index (Phi) is 4.87. The normalized spacial score (nSPS) is 22.0. The molecule has 9 heteroatoms. The van der Waals surface area contributed by atoms with Crippen LogP contribution in [0.15, 0.2) is 41.8 Å². The average molecular weight is 364 g/mol. The molecule has 1 fully saturated rings. The van der Waals surface area contributed by atoms with Crippen molar-refractivity contribution in [2.24, 2.45) is 5.92 Å². The largest absolute Gasteiger partial charge is 0.481 e. The number of carbonyl (C=O) groups is 1. The fourth-order valence-electron chi connectivity index (χ4n) is 3.11. The van der Waals surface area contributed by atoms with Gasteiger partial charge in [-0.3, -0.25) is 4.79 Å². The molecule has 3 rings (SSSR count). The Labute approximate surface area is 146 Å². The lowest BCUT2D eigenvalue weighted by Crippen LogP contribution is -2.47. The first-order valence-electron chi connectivity index (χ1n) is 8.04. The van der Waals surface area contributed by atoms with Crippen molar-refractivity contribution in [3.63, 3.8) is 0 Å². The molecule has 0 radical (unpaired) electrons. The lowest BCUT2D eigenvalue weighted by atomic mass is 9.96. The van der Waals surface area contributed by atoms with E-state index in [0.29, 0.717) is 18.4 Å². The molecule has 8 nitrogen and oxygen atoms in total. The summed E-state index contributed by atoms with van der Waals surface area (Å²) in [5, 5.41) is 13.3. The second-order valence-corrected chi connectivity index (χ2v) is 8.10. The molecule has 0 saturated carbocycles. The number of hydrogen-bond donors (Lipinski definition) is 1. The van der Waals surface area contributed by atoms with E-state index in [0.717, 1.165) is 0 Å². The molecule has 2 unspecified atom stereocenters. The molecule has 134 valence electrons. The smallest absolute Gasteiger partial charge is 0.307 e. The van der Waals surface area contributed by atoms with E-state index < -0.39 is 21.9 Å². The van der Waals surface area contributed by atoms with Crippen LogP contribution in [0.2, 0.25) is 0 Å². The van der Waals surface area contributed by atoms with Gasteiger partial charge in [-0.2, -0.15) is 9.40 Å². The van der Waals surface area contributed by atoms with Gasteiger partial charge >= 0.3 is 5.97 Å². The Bertz CT molecular complexity index is 851. The highest BCUT2D eigenvalue weighted by molar-refractivity contribution is 7.89. The Hall–Kier alpha value is -2.26. The lowest BCUT2D eigenvalue weighted by molar-refractivity contribution is -0.143. The van der Waals surface area contributed by atoms with Gasteiger partial charge in [0.05, 0.1) is 17.4 Å². The quantitative estimate of drug-likeness (QED) is 0.855. The van der Waals surface area contributed by atoms with Crippen molar-refractivity contribution < 1.29 is 18.3 Å². The van der Waals surface area contributed by atoms with E-state index in [4.69, 9.17) is 0 Å². The number of aromatic nitrogens is 3. The summed E-state index contributed by atoms with van der Waals surface area (Å²) in [6.07, 6.45) is 3.93. The fourth-order valence-corrected chi connectivity index (χ4v) is 5.04. The maximum Gasteiger partial charge on any atom is 0.307 e. The minimum Gasteiger partial charge on any atom is -0.481 e. The van der Waals surface area contributed by atoms with Gasteiger partial charge in [-0.25, -0.2) is 18.1 Å². The van der Waals surface area contributed by atoms with Crippen LogP contribution >= 0.6 is 0 Å². The number of carboxylic acid groups (broad SMARTS) is 1. The van der Waals surface area contributed by atoms with Crippen molar-refractivity contribution >= 4 is 16.0 Å². The van der Waals surface area contributed by atoms with Gasteiger partial charge in [-0.1, -0.05) is 18.2 Å². The third-order valence-electron chi connectivity index (χ3n) is 4.53. The van der Waals surface area contributed by atoms with Crippen molar-refractivity contribution in [1.82, 2.24) is 19.1 Å². The summed E-state index contributed by atoms with van der Waals surface area (Å²) in [6, 6.07) is 6.49. The molecule has 1 aromatic carbocycles. The first kappa shape index (κ1) is 17.6. The van der Waals surface area contributed by atoms with Crippen LogP contribution in [0.3, 0.4) is 0 Å². The number of rotatable bonds is 5. The maximum absolute atomic E-state index is 13.2. The van der Waals surface area contributed by atoms with Crippen LogP contribution < -0.4 is 0 Å². The van der Waals surface area contributed by atoms with Crippen LogP contribution in [0.1, 0.15) is 25.3 Å². The number of nitrogens with zero attached hydrogens (tertiary/aromatic N) is 4. The minimum atomic E-state index is -3.80. The van der Waals surface area contributed by atoms with E-state index in [-0.39, 0.29) is 24.0 Å². The predicted octanol–water partition coefficient (Wildman–Crippen LogP) is 1.20. The molecule has 1 aromatic heterocycles. The molecule has 2 heterocycles. The van der Waals surface area contributed by atoms with Gasteiger partial charge in [0.1, 0.15) is 12.7 Å². The molecule has 1 N–H and O–H groups in total. The summed E-state index contributed by atoms with van der Waals surface area (Å²) in [6.45, 7) is 2.09. The molecular formula is C16H20N4O4S. The lowest BCUT2D eigenvalue weighted by Gasteiger charge is -2.35. The molecule has 0 bridgehead atoms. The van der Waals surface area contributed by atoms with Crippen LogP contribution in [-0.2, 0) is 21.4 Å². The molecule has 1 aliphatic rings. The van der Waals surface area contributed by atoms with Gasteiger partial charge < -0.3 is 5.11 Å². The summed E-state index contributed by atoms with van der Waals surface area (Å²) in [5.41, 5.74) is 0.595. The van der Waals surface area contributed by atoms with Gasteiger partial charge in [0.15, 0.2) is 0 Å². The standard InChI is InChI=1S/C16H20N4O4S/c1-12-6-7-14(16(21)22)9-20(12)25(23,24)15-5-3-2-4-13(15)8-19-11-17-10-18-19/h2-5,10-12,14H,6-9H2,1H3,(H,21,22). The summed E-state index contributed by atoms with van der Waals surface area (Å²) in [4.78, 5) is 15.4. The summed E-state index contributed by atoms with van der Waals surface area (Å²) >= 11 is 0. The second-order valence-electron chi connectivity index (χ2n) is 6.24. The molecule has 0 spiro atoms. The van der Waals surface area contributed by atoms with E-state index >= 15 is 0 Å². The van der Waals surface area contributed by atoms with E-state index in [1.54, 1.807) is 28.9 Å². The van der Waals surface area contributed by atoms with Gasteiger partial charge in [0.25, 0.3) is 0 Å². The van der Waals surface area contributed by atoms with Crippen LogP contribution in [0.4, 0.5) is 0 Å². The van der Waals surface area contributed by atoms with Crippen LogP contribution in [0, 0.1) is 5.92 Å². The summed E-state index contributed by atoms with van der Waals surface area (Å²) in [5.74, 6) is -1.63. The van der Waals surface area contributed by atoms with E-state index in [1.807, 2.05) is 6.92 Å². The van der Waals surface area contributed by atoms with E-state index in [9.17, 15) is 18.3 Å². The number of carboxylic acids is 1. The van der Waals surface area contributed by atoms with E-state index in [2.05, 4.69) is 10.1 Å². The third kappa shape index (κ3) is 3.57. The second kappa shape index (κ2) is 6.93. The molecule has 1 aliphatic heterocycles. The maximum atomic E-state index is 13.2. The molecule has 0 aliphatic carbocycles. The molecule has 2 aromatic rings. The number of benzene rings is 1. The SMILES string of the molecule is CC1CCC(C(=O)O)CN1S(=O)(=O)c1ccccc1Cn1cncn1. The highest BCUT2D eigenvalue weighted by Crippen LogP contribution is 2.30. The van der Waals surface area contributed by atoms with Gasteiger partial charge in [0.2, 0.25) is 10.0 Å². The monoisotopic (exact) mass is 364 g/mol. The average Bonchev–Trinajstić information content (AvgIpc) is 3.08. The van der Waals surface area contributed by atoms with Crippen LogP contribution in [0.25, 0.3) is 0 Å². The minimum absolute atomic E-state index is 0.00348. The Morgan fingerprint density at radius 3 is 2.76 bits per heavy atom. The zero-order chi connectivity index (χ0) is 18.0. The topological polar surface area (TPSA) is 105 Å². The number of sulfonamides is 1. The van der Waals surface area contributed by atoms with Crippen LogP contribution in [-0.4, -0.2) is 51.1 Å². The third-order valence-corrected chi connectivity index (χ3v) is 6.61. The number of hydrogen-bond acceptors (Lipinski definition) is 5. The Balaban J connectivity index is 1.95. The molecule has 2 atom stereocenters. The van der Waals surface area contributed by atoms with Crippen molar-refractivity contribution in [2.45, 2.75) is 37.2 Å². The van der Waals surface area contributed by atoms with Crippen molar-refractivity contribution in [3.05, 3.63) is 42.5 Å². The fraction of sp³-hybridized carbons (Fsp3) is 0.438. The summed E-state index contributed by atoms with van der Waals surface area (Å²) < 4.78 is 29.3. The highest BCUT2D eigenvalue weighted by Gasteiger charge is 2.38. The Morgan fingerprint density at radius 1 is 1.32 bits per heavy atom. The van der Waals surface area contributed by atoms with Gasteiger partial charge in [-0.15, -0.1) is 0 Å². The van der Waals surface area contributed by atoms with Crippen molar-refractivity contribution in [2.75, 3.05) is 6.54 Å². The first-order chi connectivity index (χ1) is 11.9. The molecule has 25 heavy (non-hydrogen) atoms. The zero-order valence-corrected chi connectivity index (χ0v) is 14.6. The zero-order valence-electron chi connectivity index (χ0n) is 13.8. The van der Waals surface area contributed by atoms with Gasteiger partial charge in [-0.05, 0) is 31.4 Å².